The maximum atomic E-state index is 11.9. The Morgan fingerprint density at radius 2 is 1.89 bits per heavy atom. The summed E-state index contributed by atoms with van der Waals surface area (Å²) in [5, 5.41) is 14.4. The summed E-state index contributed by atoms with van der Waals surface area (Å²) in [7, 11) is 1.46. The molecule has 1 aromatic rings. The number of aliphatic carboxylic acids is 1. The average Bonchev–Trinajstić information content (AvgIpc) is 2.61. The molecule has 0 saturated carbocycles. The van der Waals surface area contributed by atoms with Gasteiger partial charge < -0.3 is 30.9 Å². The van der Waals surface area contributed by atoms with Crippen LogP contribution in [0.15, 0.2) is 18.2 Å². The van der Waals surface area contributed by atoms with Gasteiger partial charge in [0.25, 0.3) is 5.91 Å². The normalized spacial score (nSPS) is 11.6. The van der Waals surface area contributed by atoms with Gasteiger partial charge in [0.05, 0.1) is 13.0 Å². The maximum absolute atomic E-state index is 11.9. The zero-order chi connectivity index (χ0) is 20.4. The highest BCUT2D eigenvalue weighted by Crippen LogP contribution is 2.27. The molecule has 0 saturated heterocycles. The number of hydrogen-bond acceptors (Lipinski definition) is 5. The summed E-state index contributed by atoms with van der Waals surface area (Å²) in [5.74, 6) is -1.17. The average molecular weight is 381 g/mol. The van der Waals surface area contributed by atoms with Crippen molar-refractivity contribution < 1.29 is 29.0 Å². The Bertz CT molecular complexity index is 662. The molecule has 5 N–H and O–H groups in total. The second kappa shape index (κ2) is 10.9. The molecule has 9 heteroatoms. The molecule has 0 bridgehead atoms. The van der Waals surface area contributed by atoms with E-state index >= 15 is 0 Å². The fraction of sp³-hybridized carbons (Fsp3) is 0.500. The maximum Gasteiger partial charge on any atom is 0.315 e. The second-order valence-corrected chi connectivity index (χ2v) is 6.47. The minimum Gasteiger partial charge on any atom is -0.493 e. The molecule has 0 aliphatic rings. The lowest BCUT2D eigenvalue weighted by Crippen LogP contribution is -2.39. The number of ether oxygens (including phenoxy) is 2. The van der Waals surface area contributed by atoms with Gasteiger partial charge in [0, 0.05) is 13.1 Å². The van der Waals surface area contributed by atoms with Crippen molar-refractivity contribution >= 4 is 17.9 Å². The predicted octanol–water partition coefficient (Wildman–Crippen LogP) is 1.11. The van der Waals surface area contributed by atoms with Gasteiger partial charge in [-0.3, -0.25) is 9.59 Å². The minimum absolute atomic E-state index is 0.0581. The largest absolute Gasteiger partial charge is 0.493 e. The Labute approximate surface area is 158 Å². The summed E-state index contributed by atoms with van der Waals surface area (Å²) in [6.45, 7) is 3.86. The summed E-state index contributed by atoms with van der Waals surface area (Å²) in [4.78, 5) is 33.9. The van der Waals surface area contributed by atoms with E-state index in [-0.39, 0.29) is 25.6 Å². The van der Waals surface area contributed by atoms with Gasteiger partial charge in [-0.05, 0) is 30.0 Å². The molecular formula is C18H27N3O6. The topological polar surface area (TPSA) is 140 Å². The van der Waals surface area contributed by atoms with Gasteiger partial charge in [0.2, 0.25) is 0 Å². The summed E-state index contributed by atoms with van der Waals surface area (Å²) >= 11 is 0. The zero-order valence-corrected chi connectivity index (χ0v) is 15.8. The summed E-state index contributed by atoms with van der Waals surface area (Å²) in [5.41, 5.74) is 5.78. The lowest BCUT2D eigenvalue weighted by atomic mass is 9.97. The number of urea groups is 1. The van der Waals surface area contributed by atoms with E-state index in [0.717, 1.165) is 5.56 Å². The molecule has 27 heavy (non-hydrogen) atoms. The van der Waals surface area contributed by atoms with Crippen molar-refractivity contribution in [1.29, 1.82) is 0 Å². The van der Waals surface area contributed by atoms with Crippen molar-refractivity contribution in [1.82, 2.24) is 10.6 Å². The number of carboxylic acid groups (broad SMARTS) is 1. The molecule has 3 amide bonds. The highest BCUT2D eigenvalue weighted by molar-refractivity contribution is 5.76. The summed E-state index contributed by atoms with van der Waals surface area (Å²) in [6.07, 6.45) is 0.486. The van der Waals surface area contributed by atoms with Crippen molar-refractivity contribution in [3.05, 3.63) is 23.8 Å². The lowest BCUT2D eigenvalue weighted by Gasteiger charge is -2.16. The van der Waals surface area contributed by atoms with Crippen LogP contribution in [0.3, 0.4) is 0 Å². The molecule has 1 rings (SSSR count). The van der Waals surface area contributed by atoms with E-state index < -0.39 is 23.8 Å². The Morgan fingerprint density at radius 3 is 2.44 bits per heavy atom. The zero-order valence-electron chi connectivity index (χ0n) is 15.8. The molecule has 0 aromatic heterocycles. The van der Waals surface area contributed by atoms with Crippen molar-refractivity contribution in [3.63, 3.8) is 0 Å². The van der Waals surface area contributed by atoms with E-state index in [4.69, 9.17) is 15.2 Å². The van der Waals surface area contributed by atoms with Gasteiger partial charge >= 0.3 is 12.0 Å². The quantitative estimate of drug-likeness (QED) is 0.453. The SMILES string of the molecule is COc1cc(CNC(=O)NCC(CC(C)C)C(=O)O)ccc1OCC(N)=O. The van der Waals surface area contributed by atoms with E-state index in [1.54, 1.807) is 18.2 Å². The molecule has 0 fully saturated rings. The van der Waals surface area contributed by atoms with E-state index in [9.17, 15) is 19.5 Å². The molecule has 1 unspecified atom stereocenters. The van der Waals surface area contributed by atoms with Gasteiger partial charge in [-0.1, -0.05) is 19.9 Å². The summed E-state index contributed by atoms with van der Waals surface area (Å²) < 4.78 is 10.4. The third kappa shape index (κ3) is 8.30. The number of carbonyl (C=O) groups is 3. The molecule has 0 aliphatic heterocycles. The molecule has 150 valence electrons. The molecule has 0 heterocycles. The molecule has 0 spiro atoms. The first kappa shape index (κ1) is 22.1. The third-order valence-corrected chi connectivity index (χ3v) is 3.67. The Morgan fingerprint density at radius 1 is 1.19 bits per heavy atom. The first-order chi connectivity index (χ1) is 12.7. The van der Waals surface area contributed by atoms with Gasteiger partial charge in [-0.25, -0.2) is 4.79 Å². The Kier molecular flexibility index (Phi) is 8.91. The number of rotatable bonds is 11. The third-order valence-electron chi connectivity index (χ3n) is 3.67. The highest BCUT2D eigenvalue weighted by atomic mass is 16.5. The van der Waals surface area contributed by atoms with E-state index in [1.165, 1.54) is 7.11 Å². The number of amides is 3. The van der Waals surface area contributed by atoms with Crippen LogP contribution < -0.4 is 25.8 Å². The van der Waals surface area contributed by atoms with Crippen LogP contribution in [-0.4, -0.2) is 43.3 Å². The van der Waals surface area contributed by atoms with Gasteiger partial charge in [-0.15, -0.1) is 0 Å². The van der Waals surface area contributed by atoms with Crippen LogP contribution in [0, 0.1) is 11.8 Å². The Balaban J connectivity index is 2.55. The highest BCUT2D eigenvalue weighted by Gasteiger charge is 2.19. The smallest absolute Gasteiger partial charge is 0.315 e. The van der Waals surface area contributed by atoms with E-state index in [2.05, 4.69) is 10.6 Å². The van der Waals surface area contributed by atoms with Crippen LogP contribution in [0.1, 0.15) is 25.8 Å². The number of methoxy groups -OCH3 is 1. The second-order valence-electron chi connectivity index (χ2n) is 6.47. The van der Waals surface area contributed by atoms with Crippen molar-refractivity contribution in [2.45, 2.75) is 26.8 Å². The molecular weight excluding hydrogens is 354 g/mol. The first-order valence-electron chi connectivity index (χ1n) is 8.55. The molecule has 1 atom stereocenters. The number of carbonyl (C=O) groups excluding carboxylic acids is 2. The number of nitrogens with one attached hydrogen (secondary N) is 2. The molecule has 1 aromatic carbocycles. The van der Waals surface area contributed by atoms with Gasteiger partial charge in [0.1, 0.15) is 0 Å². The van der Waals surface area contributed by atoms with Crippen molar-refractivity contribution in [2.24, 2.45) is 17.6 Å². The fourth-order valence-electron chi connectivity index (χ4n) is 2.39. The van der Waals surface area contributed by atoms with Crippen molar-refractivity contribution in [3.8, 4) is 11.5 Å². The predicted molar refractivity (Wildman–Crippen MR) is 98.5 cm³/mol. The van der Waals surface area contributed by atoms with Crippen LogP contribution in [0.25, 0.3) is 0 Å². The molecule has 9 nitrogen and oxygen atoms in total. The van der Waals surface area contributed by atoms with Crippen LogP contribution in [0.2, 0.25) is 0 Å². The van der Waals surface area contributed by atoms with Crippen LogP contribution in [-0.2, 0) is 16.1 Å². The minimum atomic E-state index is -0.930. The first-order valence-corrected chi connectivity index (χ1v) is 8.55. The monoisotopic (exact) mass is 381 g/mol. The van der Waals surface area contributed by atoms with Crippen LogP contribution in [0.5, 0.6) is 11.5 Å². The van der Waals surface area contributed by atoms with Gasteiger partial charge in [-0.2, -0.15) is 0 Å². The fourth-order valence-corrected chi connectivity index (χ4v) is 2.39. The van der Waals surface area contributed by atoms with Gasteiger partial charge in [0.15, 0.2) is 18.1 Å². The number of carboxylic acids is 1. The van der Waals surface area contributed by atoms with Crippen molar-refractivity contribution in [2.75, 3.05) is 20.3 Å². The number of benzene rings is 1. The number of nitrogens with two attached hydrogens (primary N) is 1. The van der Waals surface area contributed by atoms with E-state index in [1.807, 2.05) is 13.8 Å². The van der Waals surface area contributed by atoms with E-state index in [0.29, 0.717) is 17.9 Å². The Hall–Kier alpha value is -2.97. The summed E-state index contributed by atoms with van der Waals surface area (Å²) in [6, 6.07) is 4.52. The van der Waals surface area contributed by atoms with Crippen LogP contribution in [0.4, 0.5) is 4.79 Å². The number of primary amides is 1. The molecule has 0 radical (unpaired) electrons. The standard InChI is InChI=1S/C18H27N3O6/c1-11(2)6-13(17(23)24)9-21-18(25)20-8-12-4-5-14(15(7-12)26-3)27-10-16(19)22/h4-5,7,11,13H,6,8-10H2,1-3H3,(H2,19,22)(H,23,24)(H2,20,21,25). The lowest BCUT2D eigenvalue weighted by molar-refractivity contribution is -0.142. The number of hydrogen-bond donors (Lipinski definition) is 4. The van der Waals surface area contributed by atoms with Crippen LogP contribution >= 0.6 is 0 Å². The molecule has 0 aliphatic carbocycles.